The molecule has 36 heavy (non-hydrogen) atoms. The summed E-state index contributed by atoms with van der Waals surface area (Å²) >= 11 is 18.4. The van der Waals surface area contributed by atoms with E-state index < -0.39 is 11.4 Å². The minimum atomic E-state index is -1.74. The zero-order valence-corrected chi connectivity index (χ0v) is 21.8. The van der Waals surface area contributed by atoms with Crippen molar-refractivity contribution in [2.24, 2.45) is 0 Å². The minimum absolute atomic E-state index is 0.114. The first-order valence-electron chi connectivity index (χ1n) is 11.2. The van der Waals surface area contributed by atoms with Gasteiger partial charge < -0.3 is 14.8 Å². The number of nitrogens with one attached hydrogen (secondary N) is 1. The van der Waals surface area contributed by atoms with Gasteiger partial charge in [0.05, 0.1) is 11.1 Å². The van der Waals surface area contributed by atoms with Crippen LogP contribution in [0.4, 0.5) is 5.69 Å². The summed E-state index contributed by atoms with van der Waals surface area (Å²) in [7, 11) is 0. The van der Waals surface area contributed by atoms with E-state index in [-0.39, 0.29) is 29.5 Å². The number of aromatic nitrogens is 1. The van der Waals surface area contributed by atoms with Crippen molar-refractivity contribution in [3.63, 3.8) is 0 Å². The first-order chi connectivity index (χ1) is 17.1. The molecule has 1 amide bonds. The van der Waals surface area contributed by atoms with E-state index in [1.807, 2.05) is 30.3 Å². The fourth-order valence-electron chi connectivity index (χ4n) is 3.72. The van der Waals surface area contributed by atoms with E-state index in [1.54, 1.807) is 24.3 Å². The van der Waals surface area contributed by atoms with Gasteiger partial charge in [-0.1, -0.05) is 53.5 Å². The Labute approximate surface area is 223 Å². The number of benzene rings is 2. The molecule has 0 aliphatic carbocycles. The predicted octanol–water partition coefficient (Wildman–Crippen LogP) is 7.38. The number of anilines is 1. The fourth-order valence-corrected chi connectivity index (χ4v) is 4.21. The summed E-state index contributed by atoms with van der Waals surface area (Å²) in [6, 6.07) is 16.2. The zero-order chi connectivity index (χ0) is 26.0. The highest BCUT2D eigenvalue weighted by Crippen LogP contribution is 2.41. The summed E-state index contributed by atoms with van der Waals surface area (Å²) in [5, 5.41) is 14.6. The molecule has 6 nitrogen and oxygen atoms in total. The number of alkyl halides is 1. The van der Waals surface area contributed by atoms with E-state index in [4.69, 9.17) is 44.2 Å². The van der Waals surface area contributed by atoms with Crippen LogP contribution in [0.3, 0.4) is 0 Å². The van der Waals surface area contributed by atoms with Crippen LogP contribution in [-0.4, -0.2) is 33.3 Å². The van der Waals surface area contributed by atoms with Crippen LogP contribution in [-0.2, 0) is 4.79 Å². The standard InChI is InChI=1S/C27H23Cl3N2O4/c1-27(2,35)25(34)24-23(31-21(33)8-5-13-28)19-14-18(15-9-11-16(29)12-10-15)22(32-26(19)36-24)17-6-3-4-7-20(17)30/h3-4,6-7,9-12,14,35H,5,8,13H2,1-2H3,(H,31,33). The van der Waals surface area contributed by atoms with Crippen molar-refractivity contribution in [2.75, 3.05) is 11.2 Å². The van der Waals surface area contributed by atoms with Gasteiger partial charge in [-0.05, 0) is 50.1 Å². The summed E-state index contributed by atoms with van der Waals surface area (Å²) in [6.07, 6.45) is 0.615. The number of aliphatic hydroxyl groups is 1. The number of carbonyl (C=O) groups excluding carboxylic acids is 2. The highest BCUT2D eigenvalue weighted by molar-refractivity contribution is 6.33. The van der Waals surface area contributed by atoms with Crippen LogP contribution in [0, 0.1) is 0 Å². The van der Waals surface area contributed by atoms with Crippen molar-refractivity contribution in [2.45, 2.75) is 32.3 Å². The lowest BCUT2D eigenvalue weighted by Gasteiger charge is -2.14. The molecule has 9 heteroatoms. The lowest BCUT2D eigenvalue weighted by Crippen LogP contribution is -2.31. The number of hydrogen-bond donors (Lipinski definition) is 2. The normalized spacial score (nSPS) is 11.6. The van der Waals surface area contributed by atoms with Gasteiger partial charge in [-0.15, -0.1) is 11.6 Å². The van der Waals surface area contributed by atoms with Crippen LogP contribution in [0.2, 0.25) is 10.0 Å². The van der Waals surface area contributed by atoms with Gasteiger partial charge in [-0.25, -0.2) is 4.98 Å². The van der Waals surface area contributed by atoms with Crippen molar-refractivity contribution >= 4 is 63.3 Å². The van der Waals surface area contributed by atoms with Gasteiger partial charge in [0, 0.05) is 33.5 Å². The molecule has 0 aliphatic heterocycles. The SMILES string of the molecule is CC(C)(O)C(=O)c1oc2nc(-c3ccccc3Cl)c(-c3ccc(Cl)cc3)cc2c1NC(=O)CCCCl. The zero-order valence-electron chi connectivity index (χ0n) is 19.6. The maximum absolute atomic E-state index is 13.1. The molecule has 0 bridgehead atoms. The first-order valence-corrected chi connectivity index (χ1v) is 12.5. The molecule has 0 saturated heterocycles. The molecule has 0 atom stereocenters. The Bertz CT molecular complexity index is 1440. The maximum Gasteiger partial charge on any atom is 0.231 e. The molecule has 4 rings (SSSR count). The molecule has 2 N–H and O–H groups in total. The second-order valence-electron chi connectivity index (χ2n) is 8.76. The van der Waals surface area contributed by atoms with Crippen molar-refractivity contribution in [3.05, 3.63) is 70.4 Å². The summed E-state index contributed by atoms with van der Waals surface area (Å²) < 4.78 is 5.88. The Morgan fingerprint density at radius 3 is 2.39 bits per heavy atom. The lowest BCUT2D eigenvalue weighted by atomic mass is 9.97. The largest absolute Gasteiger partial charge is 0.432 e. The van der Waals surface area contributed by atoms with E-state index in [0.29, 0.717) is 44.6 Å². The molecule has 186 valence electrons. The van der Waals surface area contributed by atoms with Crippen molar-refractivity contribution in [1.82, 2.24) is 4.98 Å². The molecule has 2 aromatic heterocycles. The first kappa shape index (κ1) is 26.2. The average Bonchev–Trinajstić information content (AvgIpc) is 3.18. The third kappa shape index (κ3) is 5.42. The third-order valence-corrected chi connectivity index (χ3v) is 6.38. The molecule has 2 aromatic carbocycles. The van der Waals surface area contributed by atoms with Gasteiger partial charge in [0.25, 0.3) is 0 Å². The van der Waals surface area contributed by atoms with Crippen LogP contribution in [0.1, 0.15) is 37.2 Å². The number of hydrogen-bond acceptors (Lipinski definition) is 5. The number of amides is 1. The van der Waals surface area contributed by atoms with Crippen molar-refractivity contribution in [3.8, 4) is 22.4 Å². The Morgan fingerprint density at radius 1 is 1.06 bits per heavy atom. The monoisotopic (exact) mass is 544 g/mol. The van der Waals surface area contributed by atoms with E-state index in [9.17, 15) is 14.7 Å². The van der Waals surface area contributed by atoms with E-state index >= 15 is 0 Å². The summed E-state index contributed by atoms with van der Waals surface area (Å²) in [6.45, 7) is 2.70. The van der Waals surface area contributed by atoms with Gasteiger partial charge in [0.15, 0.2) is 5.76 Å². The quantitative estimate of drug-likeness (QED) is 0.178. The Balaban J connectivity index is 2.01. The molecular weight excluding hydrogens is 523 g/mol. The summed E-state index contributed by atoms with van der Waals surface area (Å²) in [4.78, 5) is 30.4. The lowest BCUT2D eigenvalue weighted by molar-refractivity contribution is -0.116. The molecule has 0 aliphatic rings. The minimum Gasteiger partial charge on any atom is -0.432 e. The summed E-state index contributed by atoms with van der Waals surface area (Å²) in [5.74, 6) is -0.909. The number of halogens is 3. The molecule has 0 fully saturated rings. The fraction of sp³-hybridized carbons (Fsp3) is 0.222. The number of carbonyl (C=O) groups is 2. The van der Waals surface area contributed by atoms with Gasteiger partial charge in [0.2, 0.25) is 17.4 Å². The van der Waals surface area contributed by atoms with E-state index in [1.165, 1.54) is 13.8 Å². The molecule has 4 aromatic rings. The summed E-state index contributed by atoms with van der Waals surface area (Å²) in [5.41, 5.74) is 1.17. The van der Waals surface area contributed by atoms with Gasteiger partial charge in [0.1, 0.15) is 11.3 Å². The molecule has 0 saturated carbocycles. The number of pyridine rings is 1. The predicted molar refractivity (Wildman–Crippen MR) is 144 cm³/mol. The topological polar surface area (TPSA) is 92.4 Å². The van der Waals surface area contributed by atoms with Crippen LogP contribution in [0.25, 0.3) is 33.5 Å². The maximum atomic E-state index is 13.1. The highest BCUT2D eigenvalue weighted by atomic mass is 35.5. The van der Waals surface area contributed by atoms with Crippen LogP contribution >= 0.6 is 34.8 Å². The molecule has 0 spiro atoms. The molecule has 0 radical (unpaired) electrons. The number of Topliss-reactive ketones (excluding diaryl/α,β-unsaturated/α-hetero) is 1. The molecule has 0 unspecified atom stereocenters. The van der Waals surface area contributed by atoms with Crippen LogP contribution in [0.5, 0.6) is 0 Å². The van der Waals surface area contributed by atoms with Crippen LogP contribution in [0.15, 0.2) is 59.0 Å². The molecular formula is C27H23Cl3N2O4. The second kappa shape index (κ2) is 10.6. The Hall–Kier alpha value is -2.90. The smallest absolute Gasteiger partial charge is 0.231 e. The van der Waals surface area contributed by atoms with E-state index in [0.717, 1.165) is 5.56 Å². The number of nitrogens with zero attached hydrogens (tertiary/aromatic N) is 1. The van der Waals surface area contributed by atoms with Crippen LogP contribution < -0.4 is 5.32 Å². The Morgan fingerprint density at radius 2 is 1.75 bits per heavy atom. The van der Waals surface area contributed by atoms with Crippen molar-refractivity contribution < 1.29 is 19.1 Å². The van der Waals surface area contributed by atoms with Gasteiger partial charge >= 0.3 is 0 Å². The van der Waals surface area contributed by atoms with E-state index in [2.05, 4.69) is 5.32 Å². The highest BCUT2D eigenvalue weighted by Gasteiger charge is 2.33. The Kier molecular flexibility index (Phi) is 7.71. The number of furan rings is 1. The van der Waals surface area contributed by atoms with Gasteiger partial charge in [-0.2, -0.15) is 0 Å². The number of rotatable bonds is 8. The average molecular weight is 546 g/mol. The van der Waals surface area contributed by atoms with Crippen molar-refractivity contribution in [1.29, 1.82) is 0 Å². The van der Waals surface area contributed by atoms with Gasteiger partial charge in [-0.3, -0.25) is 9.59 Å². The number of fused-ring (bicyclic) bond motifs is 1. The third-order valence-electron chi connectivity index (χ3n) is 5.53. The second-order valence-corrected chi connectivity index (χ2v) is 9.98. The molecule has 2 heterocycles. The number of ketones is 1.